The molecule has 3 heterocycles. The van der Waals surface area contributed by atoms with Crippen molar-refractivity contribution in [2.75, 3.05) is 6.67 Å². The zero-order valence-electron chi connectivity index (χ0n) is 16.9. The van der Waals surface area contributed by atoms with Crippen molar-refractivity contribution in [2.45, 2.75) is 57.0 Å². The number of esters is 1. The molecule has 3 atom stereocenters. The SMILES string of the molecule is CC(C)C1(C(=O)N[C@H]2CC(=O)O[C@]2(O)CF)CC(c2nccc3c2C=CCC3)=NO1. The van der Waals surface area contributed by atoms with Gasteiger partial charge in [-0.2, -0.15) is 0 Å². The molecule has 0 saturated carbocycles. The van der Waals surface area contributed by atoms with E-state index in [0.29, 0.717) is 11.4 Å². The number of nitrogens with one attached hydrogen (secondary N) is 1. The molecular weight excluding hydrogens is 393 g/mol. The van der Waals surface area contributed by atoms with Crippen LogP contribution in [0.2, 0.25) is 0 Å². The first-order valence-electron chi connectivity index (χ1n) is 10.00. The highest BCUT2D eigenvalue weighted by Crippen LogP contribution is 2.36. The van der Waals surface area contributed by atoms with E-state index in [4.69, 9.17) is 4.84 Å². The normalized spacial score (nSPS) is 30.0. The molecule has 0 bridgehead atoms. The van der Waals surface area contributed by atoms with E-state index in [9.17, 15) is 19.1 Å². The summed E-state index contributed by atoms with van der Waals surface area (Å²) in [6, 6.07) is 0.757. The van der Waals surface area contributed by atoms with E-state index in [0.717, 1.165) is 24.0 Å². The predicted molar refractivity (Wildman–Crippen MR) is 105 cm³/mol. The maximum Gasteiger partial charge on any atom is 0.310 e. The molecule has 2 N–H and O–H groups in total. The average molecular weight is 417 g/mol. The first-order valence-corrected chi connectivity index (χ1v) is 10.00. The van der Waals surface area contributed by atoms with Crippen LogP contribution >= 0.6 is 0 Å². The van der Waals surface area contributed by atoms with Crippen LogP contribution in [0.25, 0.3) is 6.08 Å². The molecule has 160 valence electrons. The summed E-state index contributed by atoms with van der Waals surface area (Å²) in [7, 11) is 0. The summed E-state index contributed by atoms with van der Waals surface area (Å²) < 4.78 is 17.9. The van der Waals surface area contributed by atoms with Crippen molar-refractivity contribution in [1.29, 1.82) is 0 Å². The fraction of sp³-hybridized carbons (Fsp3) is 0.524. The first kappa shape index (κ1) is 20.5. The van der Waals surface area contributed by atoms with Crippen LogP contribution in [-0.2, 0) is 25.6 Å². The van der Waals surface area contributed by atoms with E-state index in [1.165, 1.54) is 0 Å². The number of alkyl halides is 1. The number of fused-ring (bicyclic) bond motifs is 1. The van der Waals surface area contributed by atoms with Crippen LogP contribution in [0, 0.1) is 5.92 Å². The topological polar surface area (TPSA) is 110 Å². The molecule has 30 heavy (non-hydrogen) atoms. The number of hydrogen-bond donors (Lipinski definition) is 2. The van der Waals surface area contributed by atoms with Gasteiger partial charge in [-0.25, -0.2) is 4.39 Å². The molecule has 1 amide bonds. The highest BCUT2D eigenvalue weighted by atomic mass is 19.1. The largest absolute Gasteiger partial charge is 0.428 e. The lowest BCUT2D eigenvalue weighted by atomic mass is 9.82. The number of aromatic nitrogens is 1. The Bertz CT molecular complexity index is 947. The second kappa shape index (κ2) is 7.46. The molecule has 1 saturated heterocycles. The van der Waals surface area contributed by atoms with E-state index in [1.807, 2.05) is 26.0 Å². The van der Waals surface area contributed by atoms with Gasteiger partial charge in [-0.3, -0.25) is 14.6 Å². The number of aliphatic hydroxyl groups is 1. The smallest absolute Gasteiger partial charge is 0.310 e. The van der Waals surface area contributed by atoms with Crippen molar-refractivity contribution < 1.29 is 28.7 Å². The summed E-state index contributed by atoms with van der Waals surface area (Å²) >= 11 is 0. The minimum absolute atomic E-state index is 0.156. The number of rotatable bonds is 5. The van der Waals surface area contributed by atoms with Gasteiger partial charge >= 0.3 is 5.97 Å². The van der Waals surface area contributed by atoms with Gasteiger partial charge in [0.2, 0.25) is 5.60 Å². The Morgan fingerprint density at radius 3 is 3.00 bits per heavy atom. The zero-order valence-corrected chi connectivity index (χ0v) is 16.9. The lowest BCUT2D eigenvalue weighted by molar-refractivity contribution is -0.202. The Morgan fingerprint density at radius 1 is 1.47 bits per heavy atom. The van der Waals surface area contributed by atoms with Crippen LogP contribution in [0.4, 0.5) is 4.39 Å². The molecule has 4 rings (SSSR count). The van der Waals surface area contributed by atoms with Gasteiger partial charge in [0.25, 0.3) is 11.7 Å². The van der Waals surface area contributed by atoms with Gasteiger partial charge in [-0.1, -0.05) is 31.2 Å². The second-order valence-electron chi connectivity index (χ2n) is 8.21. The number of carbonyl (C=O) groups is 2. The van der Waals surface area contributed by atoms with Crippen molar-refractivity contribution >= 4 is 23.7 Å². The molecule has 2 aliphatic heterocycles. The quantitative estimate of drug-likeness (QED) is 0.705. The number of halogens is 1. The third-order valence-corrected chi connectivity index (χ3v) is 5.99. The number of cyclic esters (lactones) is 1. The number of pyridine rings is 1. The van der Waals surface area contributed by atoms with E-state index in [2.05, 4.69) is 26.3 Å². The van der Waals surface area contributed by atoms with Crippen LogP contribution in [0.5, 0.6) is 0 Å². The Labute approximate surface area is 173 Å². The lowest BCUT2D eigenvalue weighted by Crippen LogP contribution is -2.58. The first-order chi connectivity index (χ1) is 14.3. The Kier molecular flexibility index (Phi) is 5.09. The summed E-state index contributed by atoms with van der Waals surface area (Å²) in [5, 5.41) is 16.9. The minimum Gasteiger partial charge on any atom is -0.428 e. The number of ether oxygens (including phenoxy) is 1. The number of oxime groups is 1. The van der Waals surface area contributed by atoms with Gasteiger partial charge in [0.15, 0.2) is 6.67 Å². The fourth-order valence-corrected chi connectivity index (χ4v) is 4.06. The number of carbonyl (C=O) groups excluding carboxylic acids is 2. The molecule has 0 aromatic carbocycles. The Hall–Kier alpha value is -2.81. The fourth-order valence-electron chi connectivity index (χ4n) is 4.06. The molecule has 3 aliphatic rings. The standard InChI is InChI=1S/C21H24FN3O5/c1-12(2)20(19(27)24-16-9-17(26)29-21(16,28)11-22)10-15(25-30-20)18-14-6-4-3-5-13(14)7-8-23-18/h4,6-8,12,16,28H,3,5,9-11H2,1-2H3,(H,24,27)/t16-,20?,21+/m0/s1. The molecule has 1 unspecified atom stereocenters. The average Bonchev–Trinajstić information content (AvgIpc) is 3.30. The van der Waals surface area contributed by atoms with Crippen molar-refractivity contribution in [1.82, 2.24) is 10.3 Å². The number of aryl methyl sites for hydroxylation is 1. The highest BCUT2D eigenvalue weighted by molar-refractivity contribution is 6.06. The predicted octanol–water partition coefficient (Wildman–Crippen LogP) is 1.65. The molecule has 1 aromatic heterocycles. The van der Waals surface area contributed by atoms with Gasteiger partial charge < -0.3 is 20.0 Å². The van der Waals surface area contributed by atoms with Crippen molar-refractivity contribution in [3.63, 3.8) is 0 Å². The maximum atomic E-state index is 13.3. The summed E-state index contributed by atoms with van der Waals surface area (Å²) in [6.45, 7) is 2.29. The Balaban J connectivity index is 1.58. The number of hydrogen-bond acceptors (Lipinski definition) is 7. The molecule has 0 radical (unpaired) electrons. The maximum absolute atomic E-state index is 13.3. The Morgan fingerprint density at radius 2 is 2.27 bits per heavy atom. The van der Waals surface area contributed by atoms with Crippen molar-refractivity contribution in [2.24, 2.45) is 11.1 Å². The summed E-state index contributed by atoms with van der Waals surface area (Å²) in [5.41, 5.74) is 1.96. The summed E-state index contributed by atoms with van der Waals surface area (Å²) in [4.78, 5) is 34.9. The summed E-state index contributed by atoms with van der Waals surface area (Å²) in [6.07, 6.45) is 7.48. The number of allylic oxidation sites excluding steroid dienone is 1. The van der Waals surface area contributed by atoms with E-state index in [1.54, 1.807) is 6.20 Å². The molecule has 9 heteroatoms. The van der Waals surface area contributed by atoms with Gasteiger partial charge in [0, 0.05) is 24.1 Å². The van der Waals surface area contributed by atoms with Crippen LogP contribution in [0.3, 0.4) is 0 Å². The van der Waals surface area contributed by atoms with Gasteiger partial charge in [-0.15, -0.1) is 0 Å². The number of amides is 1. The third kappa shape index (κ3) is 3.27. The van der Waals surface area contributed by atoms with Crippen molar-refractivity contribution in [3.8, 4) is 0 Å². The van der Waals surface area contributed by atoms with E-state index < -0.39 is 36.0 Å². The highest BCUT2D eigenvalue weighted by Gasteiger charge is 2.55. The van der Waals surface area contributed by atoms with Crippen LogP contribution in [0.1, 0.15) is 49.9 Å². The minimum atomic E-state index is -2.38. The lowest BCUT2D eigenvalue weighted by Gasteiger charge is -2.32. The monoisotopic (exact) mass is 417 g/mol. The third-order valence-electron chi connectivity index (χ3n) is 5.99. The van der Waals surface area contributed by atoms with Gasteiger partial charge in [0.05, 0.1) is 12.1 Å². The van der Waals surface area contributed by atoms with E-state index >= 15 is 0 Å². The molecule has 0 spiro atoms. The zero-order chi connectivity index (χ0) is 21.5. The number of nitrogens with zero attached hydrogens (tertiary/aromatic N) is 2. The van der Waals surface area contributed by atoms with Crippen molar-refractivity contribution in [3.05, 3.63) is 35.2 Å². The molecule has 1 fully saturated rings. The molecule has 1 aromatic rings. The van der Waals surface area contributed by atoms with Crippen LogP contribution < -0.4 is 5.32 Å². The summed E-state index contributed by atoms with van der Waals surface area (Å²) in [5.74, 6) is -4.05. The molecular formula is C21H24FN3O5. The second-order valence-corrected chi connectivity index (χ2v) is 8.21. The molecule has 1 aliphatic carbocycles. The van der Waals surface area contributed by atoms with E-state index in [-0.39, 0.29) is 18.8 Å². The van der Waals surface area contributed by atoms with Crippen LogP contribution in [0.15, 0.2) is 23.5 Å². The molecule has 8 nitrogen and oxygen atoms in total. The van der Waals surface area contributed by atoms with Gasteiger partial charge in [0.1, 0.15) is 11.8 Å². The van der Waals surface area contributed by atoms with Gasteiger partial charge in [-0.05, 0) is 24.5 Å². The van der Waals surface area contributed by atoms with Crippen LogP contribution in [-0.4, -0.2) is 51.8 Å².